The van der Waals surface area contributed by atoms with Crippen LogP contribution in [0.15, 0.2) is 12.4 Å². The molecule has 2 bridgehead atoms. The molecule has 0 radical (unpaired) electrons. The first-order valence-electron chi connectivity index (χ1n) is 13.3. The highest BCUT2D eigenvalue weighted by Crippen LogP contribution is 2.28. The maximum absolute atomic E-state index is 13.8. The van der Waals surface area contributed by atoms with Crippen LogP contribution in [0.25, 0.3) is 0 Å². The Hall–Kier alpha value is -3.70. The number of H-pyrrole nitrogens is 1. The molecule has 0 spiro atoms. The number of aryl methyl sites for hydroxylation is 1. The van der Waals surface area contributed by atoms with Gasteiger partial charge >= 0.3 is 0 Å². The van der Waals surface area contributed by atoms with E-state index >= 15 is 0 Å². The summed E-state index contributed by atoms with van der Waals surface area (Å²) in [6.45, 7) is 5.26. The molecular weight excluding hydrogens is 488 g/mol. The van der Waals surface area contributed by atoms with E-state index < -0.39 is 0 Å². The Morgan fingerprint density at radius 2 is 1.97 bits per heavy atom. The van der Waals surface area contributed by atoms with E-state index in [2.05, 4.69) is 34.5 Å². The summed E-state index contributed by atoms with van der Waals surface area (Å²) in [6, 6.07) is -0.114. The molecule has 2 aromatic heterocycles. The summed E-state index contributed by atoms with van der Waals surface area (Å²) in [7, 11) is 3.42. The van der Waals surface area contributed by atoms with Crippen LogP contribution in [0.1, 0.15) is 65.2 Å². The molecule has 4 rings (SSSR count). The molecule has 1 aliphatic carbocycles. The van der Waals surface area contributed by atoms with Gasteiger partial charge in [-0.1, -0.05) is 13.8 Å². The average molecular weight is 527 g/mol. The van der Waals surface area contributed by atoms with E-state index in [1.54, 1.807) is 11.7 Å². The van der Waals surface area contributed by atoms with Gasteiger partial charge in [0.25, 0.3) is 11.8 Å². The fraction of sp³-hybridized carbons (Fsp3) is 0.615. The van der Waals surface area contributed by atoms with Gasteiger partial charge in [0, 0.05) is 57.2 Å². The van der Waals surface area contributed by atoms with Gasteiger partial charge in [0.2, 0.25) is 11.8 Å². The number of hydrogen-bond acceptors (Lipinski definition) is 6. The van der Waals surface area contributed by atoms with Gasteiger partial charge in [0.15, 0.2) is 5.69 Å². The number of rotatable bonds is 4. The van der Waals surface area contributed by atoms with Crippen molar-refractivity contribution in [3.05, 3.63) is 34.9 Å². The van der Waals surface area contributed by atoms with E-state index in [0.29, 0.717) is 56.1 Å². The number of nitrogens with zero attached hydrogens (tertiary/aromatic N) is 6. The number of aromatic nitrogens is 4. The number of fused-ring (bicyclic) bond motifs is 1. The van der Waals surface area contributed by atoms with Gasteiger partial charge in [-0.05, 0) is 38.0 Å². The highest BCUT2D eigenvalue weighted by molar-refractivity contribution is 5.97. The molecular formula is C26H38N8O4. The third kappa shape index (κ3) is 6.05. The number of carbonyl (C=O) groups excluding carboxylic acids is 4. The third-order valence-electron chi connectivity index (χ3n) is 7.35. The third-order valence-corrected chi connectivity index (χ3v) is 7.35. The van der Waals surface area contributed by atoms with Crippen LogP contribution in [0.4, 0.5) is 0 Å². The SMILES string of the molecule is CC(C)CCN1C(=O)CN(C(=O)c2cn[nH]c2)CCCNC(=O)CN(C)C(=O)c2nn(C)c3c2CC1CC3. The number of aromatic amines is 1. The summed E-state index contributed by atoms with van der Waals surface area (Å²) in [5, 5.41) is 13.9. The molecule has 12 heteroatoms. The lowest BCUT2D eigenvalue weighted by atomic mass is 9.89. The first kappa shape index (κ1) is 27.3. The summed E-state index contributed by atoms with van der Waals surface area (Å²) in [5.74, 6) is -0.602. The Morgan fingerprint density at radius 1 is 1.18 bits per heavy atom. The molecule has 0 aromatic carbocycles. The molecule has 1 unspecified atom stereocenters. The molecule has 0 saturated carbocycles. The molecule has 2 aromatic rings. The van der Waals surface area contributed by atoms with Crippen molar-refractivity contribution in [2.45, 2.75) is 52.0 Å². The Labute approximate surface area is 222 Å². The molecule has 1 atom stereocenters. The van der Waals surface area contributed by atoms with Crippen LogP contribution in [-0.4, -0.2) is 104 Å². The second-order valence-electron chi connectivity index (χ2n) is 10.6. The largest absolute Gasteiger partial charge is 0.354 e. The molecule has 2 N–H and O–H groups in total. The van der Waals surface area contributed by atoms with Crippen LogP contribution in [0.5, 0.6) is 0 Å². The van der Waals surface area contributed by atoms with Crippen molar-refractivity contribution >= 4 is 23.6 Å². The quantitative estimate of drug-likeness (QED) is 0.599. The van der Waals surface area contributed by atoms with Crippen molar-refractivity contribution in [1.29, 1.82) is 0 Å². The highest BCUT2D eigenvalue weighted by atomic mass is 16.2. The van der Waals surface area contributed by atoms with Crippen molar-refractivity contribution < 1.29 is 19.2 Å². The molecule has 0 fully saturated rings. The lowest BCUT2D eigenvalue weighted by molar-refractivity contribution is -0.134. The topological polar surface area (TPSA) is 137 Å². The lowest BCUT2D eigenvalue weighted by Gasteiger charge is -2.36. The zero-order chi connectivity index (χ0) is 27.4. The predicted molar refractivity (Wildman–Crippen MR) is 139 cm³/mol. The minimum atomic E-state index is -0.304. The lowest BCUT2D eigenvalue weighted by Crippen LogP contribution is -2.50. The van der Waals surface area contributed by atoms with Crippen molar-refractivity contribution in [2.24, 2.45) is 13.0 Å². The molecule has 206 valence electrons. The Morgan fingerprint density at radius 3 is 2.68 bits per heavy atom. The standard InChI is InChI=1S/C26H38N8O4/c1-17(2)8-11-34-19-6-7-21-20(12-19)24(30-32(21)4)26(38)31(3)15-22(35)27-9-5-10-33(16-23(34)36)25(37)18-13-28-29-14-18/h13-14,17,19H,5-12,15-16H2,1-4H3,(H,27,35)(H,28,29). The second kappa shape index (κ2) is 11.8. The van der Waals surface area contributed by atoms with E-state index in [1.165, 1.54) is 22.2 Å². The van der Waals surface area contributed by atoms with Crippen LogP contribution in [0, 0.1) is 5.92 Å². The highest BCUT2D eigenvalue weighted by Gasteiger charge is 2.35. The monoisotopic (exact) mass is 526 g/mol. The summed E-state index contributed by atoms with van der Waals surface area (Å²) < 4.78 is 1.74. The number of likely N-dealkylation sites (N-methyl/N-ethyl adjacent to an activating group) is 1. The van der Waals surface area contributed by atoms with E-state index in [4.69, 9.17) is 0 Å². The zero-order valence-electron chi connectivity index (χ0n) is 22.7. The Kier molecular flexibility index (Phi) is 8.48. The van der Waals surface area contributed by atoms with Crippen LogP contribution in [0.3, 0.4) is 0 Å². The Bertz CT molecular complexity index is 1170. The van der Waals surface area contributed by atoms with E-state index in [1.807, 2.05) is 11.9 Å². The van der Waals surface area contributed by atoms with Gasteiger partial charge in [-0.25, -0.2) is 0 Å². The Balaban J connectivity index is 1.68. The van der Waals surface area contributed by atoms with Crippen LogP contribution in [0.2, 0.25) is 0 Å². The van der Waals surface area contributed by atoms with Crippen molar-refractivity contribution in [3.63, 3.8) is 0 Å². The smallest absolute Gasteiger partial charge is 0.274 e. The van der Waals surface area contributed by atoms with Gasteiger partial charge in [-0.3, -0.25) is 29.0 Å². The summed E-state index contributed by atoms with van der Waals surface area (Å²) in [5.41, 5.74) is 2.54. The molecule has 4 amide bonds. The van der Waals surface area contributed by atoms with Crippen LogP contribution < -0.4 is 5.32 Å². The number of amides is 4. The second-order valence-corrected chi connectivity index (χ2v) is 10.6. The number of carbonyl (C=O) groups is 4. The molecule has 1 aliphatic heterocycles. The maximum Gasteiger partial charge on any atom is 0.274 e. The first-order chi connectivity index (χ1) is 18.2. The van der Waals surface area contributed by atoms with Gasteiger partial charge < -0.3 is 20.0 Å². The number of hydrogen-bond donors (Lipinski definition) is 2. The van der Waals surface area contributed by atoms with Gasteiger partial charge in [-0.15, -0.1) is 0 Å². The maximum atomic E-state index is 13.8. The van der Waals surface area contributed by atoms with E-state index in [9.17, 15) is 19.2 Å². The van der Waals surface area contributed by atoms with Crippen LogP contribution >= 0.6 is 0 Å². The zero-order valence-corrected chi connectivity index (χ0v) is 22.7. The first-order valence-corrected chi connectivity index (χ1v) is 13.3. The summed E-state index contributed by atoms with van der Waals surface area (Å²) in [6.07, 6.45) is 6.20. The molecule has 12 nitrogen and oxygen atoms in total. The van der Waals surface area contributed by atoms with E-state index in [0.717, 1.165) is 24.1 Å². The van der Waals surface area contributed by atoms with Gasteiger partial charge in [-0.2, -0.15) is 10.2 Å². The molecule has 0 saturated heterocycles. The normalized spacial score (nSPS) is 19.8. The summed E-state index contributed by atoms with van der Waals surface area (Å²) in [4.78, 5) is 57.7. The van der Waals surface area contributed by atoms with Crippen LogP contribution in [-0.2, 0) is 29.5 Å². The number of nitrogens with one attached hydrogen (secondary N) is 2. The van der Waals surface area contributed by atoms with Crippen molar-refractivity contribution in [3.8, 4) is 0 Å². The van der Waals surface area contributed by atoms with Crippen molar-refractivity contribution in [2.75, 3.05) is 39.8 Å². The fourth-order valence-electron chi connectivity index (χ4n) is 5.20. The molecule has 38 heavy (non-hydrogen) atoms. The minimum Gasteiger partial charge on any atom is -0.354 e. The fourth-order valence-corrected chi connectivity index (χ4v) is 5.20. The molecule has 3 heterocycles. The van der Waals surface area contributed by atoms with Crippen molar-refractivity contribution in [1.82, 2.24) is 40.0 Å². The molecule has 2 aliphatic rings. The predicted octanol–water partition coefficient (Wildman–Crippen LogP) is 0.610. The minimum absolute atomic E-state index is 0.0685. The average Bonchev–Trinajstić information content (AvgIpc) is 3.53. The van der Waals surface area contributed by atoms with Gasteiger partial charge in [0.05, 0.1) is 18.3 Å². The van der Waals surface area contributed by atoms with Gasteiger partial charge in [0.1, 0.15) is 6.54 Å². The van der Waals surface area contributed by atoms with E-state index in [-0.39, 0.29) is 42.8 Å². The summed E-state index contributed by atoms with van der Waals surface area (Å²) >= 11 is 0.